The van der Waals surface area contributed by atoms with Crippen molar-refractivity contribution in [1.82, 2.24) is 19.5 Å². The van der Waals surface area contributed by atoms with Crippen molar-refractivity contribution in [3.63, 3.8) is 0 Å². The summed E-state index contributed by atoms with van der Waals surface area (Å²) in [6.07, 6.45) is 5.98. The van der Waals surface area contributed by atoms with Crippen LogP contribution in [0.4, 0.5) is 5.82 Å². The summed E-state index contributed by atoms with van der Waals surface area (Å²) in [5.41, 5.74) is 11.2. The van der Waals surface area contributed by atoms with Gasteiger partial charge in [0, 0.05) is 18.2 Å². The summed E-state index contributed by atoms with van der Waals surface area (Å²) in [4.78, 5) is 13.3. The second kappa shape index (κ2) is 8.61. The molecule has 4 heterocycles. The normalized spacial score (nSPS) is 25.0. The highest BCUT2D eigenvalue weighted by atomic mass is 16.5. The van der Waals surface area contributed by atoms with Crippen molar-refractivity contribution >= 4 is 27.8 Å². The molecule has 2 aliphatic rings. The SMILES string of the molecule is Nc1ncnc2c1ccn2[C@@H]1C[C@H](CCc2ccc3cc4c(nc3c2)COCCC4)[C@@H](O)[C@H]1O. The van der Waals surface area contributed by atoms with Crippen LogP contribution in [0.25, 0.3) is 21.9 Å². The maximum absolute atomic E-state index is 10.8. The zero-order valence-electron chi connectivity index (χ0n) is 19.0. The van der Waals surface area contributed by atoms with Crippen LogP contribution in [-0.4, -0.2) is 48.5 Å². The molecule has 8 heteroatoms. The fourth-order valence-corrected chi connectivity index (χ4v) is 5.60. The molecular formula is C26H29N5O3. The summed E-state index contributed by atoms with van der Waals surface area (Å²) in [5.74, 6) is 0.405. The van der Waals surface area contributed by atoms with Crippen LogP contribution in [0.2, 0.25) is 0 Å². The molecule has 176 valence electrons. The Morgan fingerprint density at radius 3 is 2.94 bits per heavy atom. The van der Waals surface area contributed by atoms with E-state index < -0.39 is 12.2 Å². The molecule has 1 fully saturated rings. The predicted octanol–water partition coefficient (Wildman–Crippen LogP) is 2.94. The molecule has 1 aromatic carbocycles. The molecule has 34 heavy (non-hydrogen) atoms. The van der Waals surface area contributed by atoms with E-state index in [-0.39, 0.29) is 12.0 Å². The molecule has 3 aromatic heterocycles. The third kappa shape index (κ3) is 3.72. The van der Waals surface area contributed by atoms with E-state index in [0.29, 0.717) is 24.5 Å². The highest BCUT2D eigenvalue weighted by Gasteiger charge is 2.42. The molecule has 0 spiro atoms. The van der Waals surface area contributed by atoms with Gasteiger partial charge in [-0.3, -0.25) is 4.98 Å². The quantitative estimate of drug-likeness (QED) is 0.429. The smallest absolute Gasteiger partial charge is 0.145 e. The topological polar surface area (TPSA) is 119 Å². The molecule has 1 aliphatic heterocycles. The van der Waals surface area contributed by atoms with E-state index in [0.717, 1.165) is 54.3 Å². The highest BCUT2D eigenvalue weighted by molar-refractivity contribution is 5.86. The number of nitrogen functional groups attached to an aromatic ring is 1. The zero-order valence-corrected chi connectivity index (χ0v) is 19.0. The van der Waals surface area contributed by atoms with E-state index in [1.807, 2.05) is 16.8 Å². The number of aryl methyl sites for hydroxylation is 2. The summed E-state index contributed by atoms with van der Waals surface area (Å²) in [6.45, 7) is 1.36. The summed E-state index contributed by atoms with van der Waals surface area (Å²) in [7, 11) is 0. The Morgan fingerprint density at radius 1 is 1.12 bits per heavy atom. The Hall–Kier alpha value is -3.07. The molecule has 4 aromatic rings. The van der Waals surface area contributed by atoms with E-state index in [4.69, 9.17) is 15.5 Å². The van der Waals surface area contributed by atoms with Gasteiger partial charge in [-0.05, 0) is 67.3 Å². The van der Waals surface area contributed by atoms with E-state index >= 15 is 0 Å². The van der Waals surface area contributed by atoms with Gasteiger partial charge in [0.15, 0.2) is 0 Å². The Kier molecular flexibility index (Phi) is 5.44. The van der Waals surface area contributed by atoms with Crippen LogP contribution in [0.15, 0.2) is 42.9 Å². The number of ether oxygens (including phenoxy) is 1. The van der Waals surface area contributed by atoms with Crippen molar-refractivity contribution in [2.24, 2.45) is 5.92 Å². The number of rotatable bonds is 4. The minimum Gasteiger partial charge on any atom is -0.390 e. The third-order valence-corrected chi connectivity index (χ3v) is 7.50. The minimum absolute atomic E-state index is 0.0132. The number of pyridine rings is 1. The standard InChI is InChI=1S/C26H29N5O3/c27-25-19-7-8-31(26(19)29-14-28-25)22-12-18(23(32)24(22)33)6-4-15-3-5-17-11-16-2-1-9-34-13-21(16)30-20(17)10-15/h3,5,7-8,10-11,14,18,22-24,32-33H,1-2,4,6,9,12-13H2,(H2,27,28,29)/t18-,22+,23+,24-/m0/s1. The molecular weight excluding hydrogens is 430 g/mol. The number of hydrogen-bond acceptors (Lipinski definition) is 7. The number of nitrogens with two attached hydrogens (primary N) is 1. The maximum Gasteiger partial charge on any atom is 0.145 e. The number of nitrogens with zero attached hydrogens (tertiary/aromatic N) is 4. The van der Waals surface area contributed by atoms with Gasteiger partial charge in [0.1, 0.15) is 23.9 Å². The molecule has 8 nitrogen and oxygen atoms in total. The van der Waals surface area contributed by atoms with Gasteiger partial charge < -0.3 is 25.3 Å². The molecule has 1 aliphatic carbocycles. The van der Waals surface area contributed by atoms with Crippen LogP contribution in [0, 0.1) is 5.92 Å². The first-order valence-corrected chi connectivity index (χ1v) is 12.0. The minimum atomic E-state index is -0.856. The number of benzene rings is 1. The molecule has 0 bridgehead atoms. The second-order valence-corrected chi connectivity index (χ2v) is 9.58. The third-order valence-electron chi connectivity index (χ3n) is 7.50. The summed E-state index contributed by atoms with van der Waals surface area (Å²) >= 11 is 0. The highest BCUT2D eigenvalue weighted by Crippen LogP contribution is 2.39. The first-order chi connectivity index (χ1) is 16.6. The summed E-state index contributed by atoms with van der Waals surface area (Å²) in [6, 6.07) is 10.3. The number of aliphatic hydroxyl groups excluding tert-OH is 2. The van der Waals surface area contributed by atoms with Crippen LogP contribution in [0.5, 0.6) is 0 Å². The average molecular weight is 460 g/mol. The van der Waals surface area contributed by atoms with E-state index in [1.54, 1.807) is 0 Å². The van der Waals surface area contributed by atoms with Gasteiger partial charge in [0.25, 0.3) is 0 Å². The zero-order chi connectivity index (χ0) is 23.2. The van der Waals surface area contributed by atoms with Crippen LogP contribution >= 0.6 is 0 Å². The Balaban J connectivity index is 1.19. The number of fused-ring (bicyclic) bond motifs is 3. The van der Waals surface area contributed by atoms with Gasteiger partial charge in [-0.25, -0.2) is 9.97 Å². The lowest BCUT2D eigenvalue weighted by Crippen LogP contribution is -2.29. The molecule has 4 atom stereocenters. The number of hydrogen-bond donors (Lipinski definition) is 3. The first kappa shape index (κ1) is 21.5. The fourth-order valence-electron chi connectivity index (χ4n) is 5.60. The van der Waals surface area contributed by atoms with E-state index in [9.17, 15) is 10.2 Å². The van der Waals surface area contributed by atoms with Gasteiger partial charge in [-0.15, -0.1) is 0 Å². The Bertz CT molecular complexity index is 1350. The van der Waals surface area contributed by atoms with Gasteiger partial charge in [-0.2, -0.15) is 0 Å². The molecule has 4 N–H and O–H groups in total. The molecule has 1 saturated carbocycles. The van der Waals surface area contributed by atoms with Crippen LogP contribution < -0.4 is 5.73 Å². The van der Waals surface area contributed by atoms with Crippen LogP contribution in [0.3, 0.4) is 0 Å². The maximum atomic E-state index is 10.8. The van der Waals surface area contributed by atoms with Crippen molar-refractivity contribution < 1.29 is 14.9 Å². The lowest BCUT2D eigenvalue weighted by molar-refractivity contribution is 0.00545. The fraction of sp³-hybridized carbons (Fsp3) is 0.423. The summed E-state index contributed by atoms with van der Waals surface area (Å²) in [5, 5.41) is 23.6. The summed E-state index contributed by atoms with van der Waals surface area (Å²) < 4.78 is 7.61. The van der Waals surface area contributed by atoms with Gasteiger partial charge in [-0.1, -0.05) is 12.1 Å². The van der Waals surface area contributed by atoms with Crippen molar-refractivity contribution in [2.45, 2.75) is 57.0 Å². The first-order valence-electron chi connectivity index (χ1n) is 12.0. The van der Waals surface area contributed by atoms with Gasteiger partial charge in [0.2, 0.25) is 0 Å². The van der Waals surface area contributed by atoms with Crippen LogP contribution in [0.1, 0.15) is 42.1 Å². The molecule has 0 unspecified atom stereocenters. The van der Waals surface area contributed by atoms with E-state index in [2.05, 4.69) is 34.2 Å². The predicted molar refractivity (Wildman–Crippen MR) is 129 cm³/mol. The number of aliphatic hydroxyl groups is 2. The number of aromatic nitrogens is 4. The molecule has 0 saturated heterocycles. The van der Waals surface area contributed by atoms with Crippen molar-refractivity contribution in [3.8, 4) is 0 Å². The lowest BCUT2D eigenvalue weighted by atomic mass is 9.95. The Labute approximate surface area is 197 Å². The monoisotopic (exact) mass is 459 g/mol. The molecule has 6 rings (SSSR count). The van der Waals surface area contributed by atoms with E-state index in [1.165, 1.54) is 17.5 Å². The van der Waals surface area contributed by atoms with Crippen molar-refractivity contribution in [3.05, 3.63) is 59.7 Å². The Morgan fingerprint density at radius 2 is 2.03 bits per heavy atom. The molecule has 0 amide bonds. The van der Waals surface area contributed by atoms with Crippen molar-refractivity contribution in [1.29, 1.82) is 0 Å². The van der Waals surface area contributed by atoms with Crippen LogP contribution in [-0.2, 0) is 24.2 Å². The average Bonchev–Trinajstić information content (AvgIpc) is 3.29. The molecule has 0 radical (unpaired) electrons. The van der Waals surface area contributed by atoms with Crippen molar-refractivity contribution in [2.75, 3.05) is 12.3 Å². The lowest BCUT2D eigenvalue weighted by Gasteiger charge is -2.19. The number of anilines is 1. The largest absolute Gasteiger partial charge is 0.390 e. The van der Waals surface area contributed by atoms with Gasteiger partial charge in [0.05, 0.1) is 35.3 Å². The van der Waals surface area contributed by atoms with Gasteiger partial charge >= 0.3 is 0 Å². The second-order valence-electron chi connectivity index (χ2n) is 9.58.